The molecule has 0 atom stereocenters. The Bertz CT molecular complexity index is 465. The molecular formula is C14H21N3OS. The number of aromatic nitrogens is 2. The molecule has 0 amide bonds. The highest BCUT2D eigenvalue weighted by molar-refractivity contribution is 7.11. The van der Waals surface area contributed by atoms with Crippen molar-refractivity contribution in [1.82, 2.24) is 15.5 Å². The van der Waals surface area contributed by atoms with Crippen molar-refractivity contribution in [3.63, 3.8) is 0 Å². The molecule has 5 heteroatoms. The van der Waals surface area contributed by atoms with Crippen molar-refractivity contribution in [3.8, 4) is 0 Å². The molecule has 0 radical (unpaired) electrons. The first-order chi connectivity index (χ1) is 9.24. The van der Waals surface area contributed by atoms with Crippen molar-refractivity contribution in [2.75, 3.05) is 6.54 Å². The summed E-state index contributed by atoms with van der Waals surface area (Å²) in [7, 11) is 0. The fourth-order valence-corrected chi connectivity index (χ4v) is 2.69. The zero-order chi connectivity index (χ0) is 13.5. The van der Waals surface area contributed by atoms with Gasteiger partial charge in [-0.3, -0.25) is 0 Å². The molecule has 0 saturated heterocycles. The zero-order valence-corrected chi connectivity index (χ0v) is 12.4. The van der Waals surface area contributed by atoms with Gasteiger partial charge in [-0.05, 0) is 25.1 Å². The Kier molecular flexibility index (Phi) is 5.54. The van der Waals surface area contributed by atoms with E-state index in [0.29, 0.717) is 6.04 Å². The number of nitrogens with one attached hydrogen (secondary N) is 1. The lowest BCUT2D eigenvalue weighted by Crippen LogP contribution is -2.23. The van der Waals surface area contributed by atoms with Crippen molar-refractivity contribution in [2.45, 2.75) is 45.6 Å². The van der Waals surface area contributed by atoms with Crippen molar-refractivity contribution >= 4 is 11.3 Å². The quantitative estimate of drug-likeness (QED) is 0.755. The second-order valence-electron chi connectivity index (χ2n) is 4.88. The summed E-state index contributed by atoms with van der Waals surface area (Å²) < 4.78 is 5.31. The topological polar surface area (TPSA) is 51.0 Å². The highest BCUT2D eigenvalue weighted by atomic mass is 32.1. The van der Waals surface area contributed by atoms with E-state index in [0.717, 1.165) is 48.0 Å². The van der Waals surface area contributed by atoms with Gasteiger partial charge in [0.15, 0.2) is 0 Å². The smallest absolute Gasteiger partial charge is 0.117 e. The van der Waals surface area contributed by atoms with Crippen LogP contribution in [0.25, 0.3) is 0 Å². The van der Waals surface area contributed by atoms with Crippen LogP contribution >= 0.6 is 11.3 Å². The SMILES string of the molecule is CC(C)NCCCc1nnc(CCc2ccco2)s1. The summed E-state index contributed by atoms with van der Waals surface area (Å²) >= 11 is 1.72. The molecule has 0 aliphatic carbocycles. The van der Waals surface area contributed by atoms with Crippen LogP contribution in [0, 0.1) is 0 Å². The van der Waals surface area contributed by atoms with Gasteiger partial charge < -0.3 is 9.73 Å². The van der Waals surface area contributed by atoms with Crippen LogP contribution in [0.1, 0.15) is 36.0 Å². The molecule has 2 aromatic rings. The second-order valence-corrected chi connectivity index (χ2v) is 6.03. The van der Waals surface area contributed by atoms with Crippen molar-refractivity contribution in [2.24, 2.45) is 0 Å². The number of furan rings is 1. The van der Waals surface area contributed by atoms with Gasteiger partial charge in [0, 0.05) is 25.3 Å². The van der Waals surface area contributed by atoms with Crippen molar-refractivity contribution < 1.29 is 4.42 Å². The predicted octanol–water partition coefficient (Wildman–Crippen LogP) is 2.85. The molecule has 104 valence electrons. The van der Waals surface area contributed by atoms with Gasteiger partial charge >= 0.3 is 0 Å². The first-order valence-electron chi connectivity index (χ1n) is 6.81. The number of rotatable bonds is 8. The summed E-state index contributed by atoms with van der Waals surface area (Å²) in [5.74, 6) is 1.01. The summed E-state index contributed by atoms with van der Waals surface area (Å²) in [6.07, 6.45) is 5.65. The van der Waals surface area contributed by atoms with Crippen molar-refractivity contribution in [3.05, 3.63) is 34.2 Å². The minimum atomic E-state index is 0.554. The van der Waals surface area contributed by atoms with Crippen LogP contribution in [0.3, 0.4) is 0 Å². The van der Waals surface area contributed by atoms with Crippen LogP contribution in [-0.4, -0.2) is 22.8 Å². The molecule has 0 saturated carbocycles. The molecule has 0 bridgehead atoms. The lowest BCUT2D eigenvalue weighted by molar-refractivity contribution is 0.508. The normalized spacial score (nSPS) is 11.3. The van der Waals surface area contributed by atoms with Gasteiger partial charge in [-0.2, -0.15) is 0 Å². The monoisotopic (exact) mass is 279 g/mol. The zero-order valence-electron chi connectivity index (χ0n) is 11.6. The van der Waals surface area contributed by atoms with Crippen LogP contribution in [0.4, 0.5) is 0 Å². The van der Waals surface area contributed by atoms with E-state index in [1.807, 2.05) is 12.1 Å². The number of nitrogens with zero attached hydrogens (tertiary/aromatic N) is 2. The first-order valence-corrected chi connectivity index (χ1v) is 7.62. The average Bonchev–Trinajstić information content (AvgIpc) is 3.03. The van der Waals surface area contributed by atoms with Gasteiger partial charge in [0.2, 0.25) is 0 Å². The molecule has 4 nitrogen and oxygen atoms in total. The third kappa shape index (κ3) is 5.12. The van der Waals surface area contributed by atoms with Gasteiger partial charge in [-0.1, -0.05) is 13.8 Å². The highest BCUT2D eigenvalue weighted by Gasteiger charge is 2.05. The Morgan fingerprint density at radius 2 is 2.00 bits per heavy atom. The van der Waals surface area contributed by atoms with E-state index < -0.39 is 0 Å². The number of aryl methyl sites for hydroxylation is 3. The van der Waals surface area contributed by atoms with E-state index in [1.165, 1.54) is 0 Å². The fraction of sp³-hybridized carbons (Fsp3) is 0.571. The van der Waals surface area contributed by atoms with Gasteiger partial charge in [0.25, 0.3) is 0 Å². The molecule has 0 aliphatic heterocycles. The van der Waals surface area contributed by atoms with Crippen molar-refractivity contribution in [1.29, 1.82) is 0 Å². The summed E-state index contributed by atoms with van der Waals surface area (Å²) in [5, 5.41) is 14.1. The maximum absolute atomic E-state index is 5.31. The molecule has 0 aliphatic rings. The average molecular weight is 279 g/mol. The molecule has 2 aromatic heterocycles. The van der Waals surface area contributed by atoms with E-state index in [4.69, 9.17) is 4.42 Å². The third-order valence-electron chi connectivity index (χ3n) is 2.79. The minimum absolute atomic E-state index is 0.554. The Morgan fingerprint density at radius 1 is 1.21 bits per heavy atom. The molecule has 2 heterocycles. The van der Waals surface area contributed by atoms with E-state index in [2.05, 4.69) is 29.4 Å². The molecule has 1 N–H and O–H groups in total. The number of hydrogen-bond acceptors (Lipinski definition) is 5. The van der Waals surface area contributed by atoms with Crippen LogP contribution in [-0.2, 0) is 19.3 Å². The lowest BCUT2D eigenvalue weighted by Gasteiger charge is -2.05. The molecule has 0 spiro atoms. The van der Waals surface area contributed by atoms with Gasteiger partial charge in [0.1, 0.15) is 15.8 Å². The van der Waals surface area contributed by atoms with E-state index in [9.17, 15) is 0 Å². The molecular weight excluding hydrogens is 258 g/mol. The maximum atomic E-state index is 5.31. The van der Waals surface area contributed by atoms with E-state index in [-0.39, 0.29) is 0 Å². The Balaban J connectivity index is 1.69. The highest BCUT2D eigenvalue weighted by Crippen LogP contribution is 2.14. The van der Waals surface area contributed by atoms with Crippen LogP contribution in [0.2, 0.25) is 0 Å². The Morgan fingerprint density at radius 3 is 2.68 bits per heavy atom. The number of hydrogen-bond donors (Lipinski definition) is 1. The fourth-order valence-electron chi connectivity index (χ4n) is 1.81. The van der Waals surface area contributed by atoms with Gasteiger partial charge in [-0.25, -0.2) is 0 Å². The largest absolute Gasteiger partial charge is 0.469 e. The first kappa shape index (κ1) is 14.2. The minimum Gasteiger partial charge on any atom is -0.469 e. The summed E-state index contributed by atoms with van der Waals surface area (Å²) in [6.45, 7) is 5.37. The van der Waals surface area contributed by atoms with Crippen LogP contribution in [0.15, 0.2) is 22.8 Å². The maximum Gasteiger partial charge on any atom is 0.117 e. The summed E-state index contributed by atoms with van der Waals surface area (Å²) in [5.41, 5.74) is 0. The standard InChI is InChI=1S/C14H21N3OS/c1-11(2)15-9-3-6-13-16-17-14(19-13)8-7-12-5-4-10-18-12/h4-5,10-11,15H,3,6-9H2,1-2H3. The third-order valence-corrected chi connectivity index (χ3v) is 3.84. The molecule has 0 aromatic carbocycles. The van der Waals surface area contributed by atoms with Gasteiger partial charge in [-0.15, -0.1) is 21.5 Å². The summed E-state index contributed by atoms with van der Waals surface area (Å²) in [4.78, 5) is 0. The Hall–Kier alpha value is -1.20. The van der Waals surface area contributed by atoms with Gasteiger partial charge in [0.05, 0.1) is 6.26 Å². The predicted molar refractivity (Wildman–Crippen MR) is 77.5 cm³/mol. The summed E-state index contributed by atoms with van der Waals surface area (Å²) in [6, 6.07) is 4.47. The molecule has 0 unspecified atom stereocenters. The van der Waals surface area contributed by atoms with E-state index >= 15 is 0 Å². The second kappa shape index (κ2) is 7.40. The Labute approximate surface area is 118 Å². The van der Waals surface area contributed by atoms with Crippen LogP contribution in [0.5, 0.6) is 0 Å². The lowest BCUT2D eigenvalue weighted by atomic mass is 10.2. The van der Waals surface area contributed by atoms with E-state index in [1.54, 1.807) is 17.6 Å². The molecule has 0 fully saturated rings. The molecule has 2 rings (SSSR count). The molecule has 19 heavy (non-hydrogen) atoms. The van der Waals surface area contributed by atoms with Crippen LogP contribution < -0.4 is 5.32 Å².